The van der Waals surface area contributed by atoms with Crippen LogP contribution in [0.3, 0.4) is 0 Å². The number of sulfone groups is 1. The molecule has 146 valence electrons. The molecule has 2 N–H and O–H groups in total. The summed E-state index contributed by atoms with van der Waals surface area (Å²) in [5.74, 6) is 2.78. The van der Waals surface area contributed by atoms with Crippen LogP contribution in [0.4, 0.5) is 0 Å². The maximum atomic E-state index is 11.6. The molecule has 1 aliphatic rings. The number of guanidine groups is 1. The van der Waals surface area contributed by atoms with Gasteiger partial charge in [0.15, 0.2) is 27.3 Å². The molecule has 1 saturated heterocycles. The largest absolute Gasteiger partial charge is 0.493 e. The third-order valence-electron chi connectivity index (χ3n) is 4.27. The molecule has 1 heterocycles. The van der Waals surface area contributed by atoms with Crippen LogP contribution in [0, 0.1) is 0 Å². The first-order chi connectivity index (χ1) is 12.4. The van der Waals surface area contributed by atoms with Gasteiger partial charge in [0.2, 0.25) is 5.75 Å². The van der Waals surface area contributed by atoms with Crippen LogP contribution in [0.1, 0.15) is 12.0 Å². The summed E-state index contributed by atoms with van der Waals surface area (Å²) in [6, 6.07) is 3.68. The summed E-state index contributed by atoms with van der Waals surface area (Å²) < 4.78 is 39.3. The zero-order valence-electron chi connectivity index (χ0n) is 15.7. The van der Waals surface area contributed by atoms with Crippen molar-refractivity contribution < 1.29 is 22.6 Å². The molecule has 0 aliphatic carbocycles. The molecule has 0 spiro atoms. The van der Waals surface area contributed by atoms with Crippen molar-refractivity contribution in [3.63, 3.8) is 0 Å². The van der Waals surface area contributed by atoms with Gasteiger partial charge in [0.25, 0.3) is 0 Å². The van der Waals surface area contributed by atoms with Gasteiger partial charge < -0.3 is 24.8 Å². The second-order valence-corrected chi connectivity index (χ2v) is 8.22. The highest BCUT2D eigenvalue weighted by Gasteiger charge is 2.28. The number of nitrogens with one attached hydrogen (secondary N) is 2. The quantitative estimate of drug-likeness (QED) is 0.524. The van der Waals surface area contributed by atoms with Gasteiger partial charge >= 0.3 is 0 Å². The van der Waals surface area contributed by atoms with Crippen LogP contribution in [0.2, 0.25) is 0 Å². The Morgan fingerprint density at radius 1 is 1.19 bits per heavy atom. The fraction of sp³-hybridized carbons (Fsp3) is 0.588. The van der Waals surface area contributed by atoms with Gasteiger partial charge in [0, 0.05) is 25.2 Å². The lowest BCUT2D eigenvalue weighted by atomic mass is 10.1. The van der Waals surface area contributed by atoms with Crippen molar-refractivity contribution >= 4 is 15.8 Å². The molecule has 26 heavy (non-hydrogen) atoms. The molecule has 0 aromatic heterocycles. The van der Waals surface area contributed by atoms with E-state index < -0.39 is 9.84 Å². The van der Waals surface area contributed by atoms with Gasteiger partial charge in [-0.05, 0) is 18.9 Å². The van der Waals surface area contributed by atoms with Crippen molar-refractivity contribution in [1.82, 2.24) is 10.6 Å². The number of nitrogens with zero attached hydrogens (tertiary/aromatic N) is 1. The Bertz CT molecular complexity index is 749. The number of rotatable bonds is 7. The van der Waals surface area contributed by atoms with Gasteiger partial charge in [-0.2, -0.15) is 0 Å². The standard InChI is InChI=1S/C17H27N3O5S/c1-18-17(20-13-8-10-26(21,22)11-13)19-9-7-12-5-6-14(23-2)16(25-4)15(12)24-3/h5-6,13H,7-11H2,1-4H3,(H2,18,19,20). The lowest BCUT2D eigenvalue weighted by molar-refractivity contribution is 0.322. The summed E-state index contributed by atoms with van der Waals surface area (Å²) in [5.41, 5.74) is 0.969. The second kappa shape index (κ2) is 8.98. The number of benzene rings is 1. The molecule has 0 saturated carbocycles. The minimum atomic E-state index is -2.92. The van der Waals surface area contributed by atoms with Gasteiger partial charge in [0.05, 0.1) is 32.8 Å². The lowest BCUT2D eigenvalue weighted by Gasteiger charge is -2.18. The minimum absolute atomic E-state index is 0.0955. The number of ether oxygens (including phenoxy) is 3. The van der Waals surface area contributed by atoms with Crippen molar-refractivity contribution in [2.24, 2.45) is 4.99 Å². The third kappa shape index (κ3) is 4.94. The summed E-state index contributed by atoms with van der Waals surface area (Å²) in [4.78, 5) is 4.16. The molecule has 8 nitrogen and oxygen atoms in total. The molecule has 9 heteroatoms. The molecule has 1 unspecified atom stereocenters. The summed E-state index contributed by atoms with van der Waals surface area (Å²) in [5, 5.41) is 6.37. The first kappa shape index (κ1) is 20.2. The summed E-state index contributed by atoms with van der Waals surface area (Å²) in [6.45, 7) is 0.602. The maximum absolute atomic E-state index is 11.6. The van der Waals surface area contributed by atoms with E-state index in [-0.39, 0.29) is 17.5 Å². The van der Waals surface area contributed by atoms with Gasteiger partial charge in [-0.3, -0.25) is 4.99 Å². The van der Waals surface area contributed by atoms with E-state index in [1.54, 1.807) is 28.4 Å². The van der Waals surface area contributed by atoms with E-state index in [9.17, 15) is 8.42 Å². The van der Waals surface area contributed by atoms with E-state index in [1.165, 1.54) is 0 Å². The summed E-state index contributed by atoms with van der Waals surface area (Å²) in [7, 11) is 3.49. The minimum Gasteiger partial charge on any atom is -0.493 e. The molecular formula is C17H27N3O5S. The fourth-order valence-corrected chi connectivity index (χ4v) is 4.65. The Labute approximate surface area is 154 Å². The van der Waals surface area contributed by atoms with Crippen LogP contribution >= 0.6 is 0 Å². The molecule has 0 amide bonds. The Kier molecular flexibility index (Phi) is 6.96. The Morgan fingerprint density at radius 2 is 1.92 bits per heavy atom. The van der Waals surface area contributed by atoms with Crippen molar-refractivity contribution in [1.29, 1.82) is 0 Å². The van der Waals surface area contributed by atoms with Crippen LogP contribution in [0.5, 0.6) is 17.2 Å². The predicted octanol–water partition coefficient (Wildman–Crippen LogP) is 0.607. The number of aliphatic imine (C=N–C) groups is 1. The van der Waals surface area contributed by atoms with Crippen LogP contribution in [-0.4, -0.2) is 66.8 Å². The fourth-order valence-electron chi connectivity index (χ4n) is 2.97. The van der Waals surface area contributed by atoms with Crippen molar-refractivity contribution in [2.45, 2.75) is 18.9 Å². The van der Waals surface area contributed by atoms with E-state index in [2.05, 4.69) is 15.6 Å². The van der Waals surface area contributed by atoms with Crippen LogP contribution < -0.4 is 24.8 Å². The first-order valence-electron chi connectivity index (χ1n) is 8.39. The van der Waals surface area contributed by atoms with Gasteiger partial charge in [-0.1, -0.05) is 6.07 Å². The normalized spacial score (nSPS) is 19.1. The van der Waals surface area contributed by atoms with E-state index in [0.717, 1.165) is 5.56 Å². The van der Waals surface area contributed by atoms with Crippen molar-refractivity contribution in [2.75, 3.05) is 46.4 Å². The lowest BCUT2D eigenvalue weighted by Crippen LogP contribution is -2.44. The van der Waals surface area contributed by atoms with Crippen LogP contribution in [0.25, 0.3) is 0 Å². The Balaban J connectivity index is 1.96. The monoisotopic (exact) mass is 385 g/mol. The van der Waals surface area contributed by atoms with Crippen molar-refractivity contribution in [3.8, 4) is 17.2 Å². The van der Waals surface area contributed by atoms with E-state index in [1.807, 2.05) is 12.1 Å². The molecule has 1 fully saturated rings. The molecule has 1 aromatic carbocycles. The average Bonchev–Trinajstić information content (AvgIpc) is 2.98. The smallest absolute Gasteiger partial charge is 0.203 e. The molecular weight excluding hydrogens is 358 g/mol. The number of methoxy groups -OCH3 is 3. The summed E-state index contributed by atoms with van der Waals surface area (Å²) in [6.07, 6.45) is 1.28. The topological polar surface area (TPSA) is 98.2 Å². The second-order valence-electron chi connectivity index (χ2n) is 5.99. The highest BCUT2D eigenvalue weighted by Crippen LogP contribution is 2.39. The molecule has 1 aliphatic heterocycles. The Morgan fingerprint density at radius 3 is 2.46 bits per heavy atom. The van der Waals surface area contributed by atoms with Crippen molar-refractivity contribution in [3.05, 3.63) is 17.7 Å². The average molecular weight is 385 g/mol. The van der Waals surface area contributed by atoms with Gasteiger partial charge in [0.1, 0.15) is 0 Å². The van der Waals surface area contributed by atoms with E-state index in [0.29, 0.717) is 42.6 Å². The molecule has 0 bridgehead atoms. The molecule has 1 atom stereocenters. The molecule has 2 rings (SSSR count). The van der Waals surface area contributed by atoms with Gasteiger partial charge in [-0.15, -0.1) is 0 Å². The number of hydrogen-bond acceptors (Lipinski definition) is 6. The highest BCUT2D eigenvalue weighted by molar-refractivity contribution is 7.91. The highest BCUT2D eigenvalue weighted by atomic mass is 32.2. The van der Waals surface area contributed by atoms with Gasteiger partial charge in [-0.25, -0.2) is 8.42 Å². The zero-order valence-corrected chi connectivity index (χ0v) is 16.5. The molecule has 0 radical (unpaired) electrons. The molecule has 1 aromatic rings. The SMILES string of the molecule is CN=C(NCCc1ccc(OC)c(OC)c1OC)NC1CCS(=O)(=O)C1. The number of hydrogen-bond donors (Lipinski definition) is 2. The summed E-state index contributed by atoms with van der Waals surface area (Å²) >= 11 is 0. The maximum Gasteiger partial charge on any atom is 0.203 e. The first-order valence-corrected chi connectivity index (χ1v) is 10.2. The predicted molar refractivity (Wildman–Crippen MR) is 101 cm³/mol. The Hall–Kier alpha value is -2.16. The van der Waals surface area contributed by atoms with E-state index >= 15 is 0 Å². The zero-order chi connectivity index (χ0) is 19.2. The van der Waals surface area contributed by atoms with Crippen LogP contribution in [0.15, 0.2) is 17.1 Å². The van der Waals surface area contributed by atoms with Crippen LogP contribution in [-0.2, 0) is 16.3 Å². The third-order valence-corrected chi connectivity index (χ3v) is 6.04. The van der Waals surface area contributed by atoms with E-state index in [4.69, 9.17) is 14.2 Å².